The second kappa shape index (κ2) is 5.42. The number of nitrogens with zero attached hydrogens (tertiary/aromatic N) is 1. The van der Waals surface area contributed by atoms with E-state index in [2.05, 4.69) is 0 Å². The molecule has 1 aliphatic heterocycles. The van der Waals surface area contributed by atoms with Crippen molar-refractivity contribution in [1.82, 2.24) is 0 Å². The molecule has 0 aliphatic carbocycles. The van der Waals surface area contributed by atoms with E-state index in [0.29, 0.717) is 18.8 Å². The van der Waals surface area contributed by atoms with Crippen molar-refractivity contribution in [3.05, 3.63) is 23.8 Å². The minimum atomic E-state index is -0.878. The third-order valence-electron chi connectivity index (χ3n) is 3.50. The number of amides is 1. The summed E-state index contributed by atoms with van der Waals surface area (Å²) in [6.07, 6.45) is -0.173. The molecule has 1 saturated heterocycles. The van der Waals surface area contributed by atoms with Gasteiger partial charge in [0.1, 0.15) is 11.4 Å². The molecule has 0 bridgehead atoms. The Balaban J connectivity index is 2.44. The Labute approximate surface area is 119 Å². The number of rotatable bonds is 3. The van der Waals surface area contributed by atoms with Crippen LogP contribution in [0.25, 0.3) is 0 Å². The third-order valence-corrected chi connectivity index (χ3v) is 3.50. The van der Waals surface area contributed by atoms with Gasteiger partial charge >= 0.3 is 0 Å². The van der Waals surface area contributed by atoms with Gasteiger partial charge in [-0.15, -0.1) is 0 Å². The van der Waals surface area contributed by atoms with Crippen LogP contribution in [0.4, 0.5) is 5.69 Å². The molecule has 0 aromatic heterocycles. The fraction of sp³-hybridized carbons (Fsp3) is 0.533. The van der Waals surface area contributed by atoms with Gasteiger partial charge in [-0.1, -0.05) is 6.07 Å². The lowest BCUT2D eigenvalue weighted by molar-refractivity contribution is -0.153. The molecule has 1 heterocycles. The van der Waals surface area contributed by atoms with Gasteiger partial charge in [0.05, 0.1) is 25.4 Å². The number of carbonyl (C=O) groups excluding carboxylic acids is 1. The molecule has 1 atom stereocenters. The first-order chi connectivity index (χ1) is 9.39. The van der Waals surface area contributed by atoms with Gasteiger partial charge in [-0.2, -0.15) is 0 Å². The number of hydrogen-bond donors (Lipinski definition) is 1. The van der Waals surface area contributed by atoms with Crippen LogP contribution in [0.3, 0.4) is 0 Å². The van der Waals surface area contributed by atoms with Gasteiger partial charge in [0.25, 0.3) is 5.91 Å². The molecular weight excluding hydrogens is 256 g/mol. The molecule has 1 unspecified atom stereocenters. The van der Waals surface area contributed by atoms with E-state index in [1.807, 2.05) is 25.1 Å². The van der Waals surface area contributed by atoms with E-state index < -0.39 is 5.60 Å². The quantitative estimate of drug-likeness (QED) is 0.909. The average Bonchev–Trinajstić information content (AvgIpc) is 2.41. The molecule has 1 amide bonds. The van der Waals surface area contributed by atoms with Gasteiger partial charge in [-0.25, -0.2) is 0 Å². The Morgan fingerprint density at radius 2 is 2.20 bits per heavy atom. The SMILES string of the molecule is COc1ccc(C)cc1N1CC(CN)OC(C)(C)C1=O. The van der Waals surface area contributed by atoms with E-state index in [9.17, 15) is 4.79 Å². The molecule has 2 rings (SSSR count). The standard InChI is InChI=1S/C15H22N2O3/c1-10-5-6-13(19-4)12(7-10)17-9-11(8-16)20-15(2,3)14(17)18/h5-7,11H,8-9,16H2,1-4H3. The monoisotopic (exact) mass is 278 g/mol. The Morgan fingerprint density at radius 1 is 1.50 bits per heavy atom. The molecule has 1 fully saturated rings. The fourth-order valence-corrected chi connectivity index (χ4v) is 2.46. The summed E-state index contributed by atoms with van der Waals surface area (Å²) < 4.78 is 11.1. The van der Waals surface area contributed by atoms with Crippen molar-refractivity contribution in [3.63, 3.8) is 0 Å². The molecule has 2 N–H and O–H groups in total. The van der Waals surface area contributed by atoms with Gasteiger partial charge in [-0.05, 0) is 38.5 Å². The van der Waals surface area contributed by atoms with Gasteiger partial charge in [-0.3, -0.25) is 4.79 Å². The number of methoxy groups -OCH3 is 1. The minimum absolute atomic E-state index is 0.0777. The number of nitrogens with two attached hydrogens (primary N) is 1. The molecule has 1 aromatic rings. The van der Waals surface area contributed by atoms with Crippen molar-refractivity contribution in [2.24, 2.45) is 5.73 Å². The van der Waals surface area contributed by atoms with Crippen molar-refractivity contribution in [2.45, 2.75) is 32.5 Å². The molecule has 0 radical (unpaired) electrons. The van der Waals surface area contributed by atoms with Crippen molar-refractivity contribution in [1.29, 1.82) is 0 Å². The number of carbonyl (C=O) groups is 1. The van der Waals surface area contributed by atoms with Crippen LogP contribution >= 0.6 is 0 Å². The minimum Gasteiger partial charge on any atom is -0.495 e. The average molecular weight is 278 g/mol. The Hall–Kier alpha value is -1.59. The first-order valence-corrected chi connectivity index (χ1v) is 6.73. The summed E-state index contributed by atoms with van der Waals surface area (Å²) in [5, 5.41) is 0. The van der Waals surface area contributed by atoms with Gasteiger partial charge in [0.2, 0.25) is 0 Å². The number of benzene rings is 1. The number of aryl methyl sites for hydroxylation is 1. The van der Waals surface area contributed by atoms with Crippen molar-refractivity contribution in [2.75, 3.05) is 25.1 Å². The lowest BCUT2D eigenvalue weighted by atomic mass is 10.0. The summed E-state index contributed by atoms with van der Waals surface area (Å²) >= 11 is 0. The van der Waals surface area contributed by atoms with Gasteiger partial charge in [0.15, 0.2) is 0 Å². The Bertz CT molecular complexity index is 514. The van der Waals surface area contributed by atoms with Crippen molar-refractivity contribution in [3.8, 4) is 5.75 Å². The van der Waals surface area contributed by atoms with Crippen molar-refractivity contribution < 1.29 is 14.3 Å². The van der Waals surface area contributed by atoms with E-state index in [0.717, 1.165) is 11.3 Å². The van der Waals surface area contributed by atoms with E-state index >= 15 is 0 Å². The molecule has 110 valence electrons. The highest BCUT2D eigenvalue weighted by Gasteiger charge is 2.42. The van der Waals surface area contributed by atoms with Gasteiger partial charge in [0, 0.05) is 6.54 Å². The van der Waals surface area contributed by atoms with Crippen LogP contribution in [-0.2, 0) is 9.53 Å². The number of morpholine rings is 1. The zero-order chi connectivity index (χ0) is 14.9. The first-order valence-electron chi connectivity index (χ1n) is 6.73. The molecule has 20 heavy (non-hydrogen) atoms. The highest BCUT2D eigenvalue weighted by molar-refractivity contribution is 6.01. The van der Waals surface area contributed by atoms with Crippen LogP contribution in [0.5, 0.6) is 5.75 Å². The second-order valence-electron chi connectivity index (χ2n) is 5.58. The second-order valence-corrected chi connectivity index (χ2v) is 5.58. The largest absolute Gasteiger partial charge is 0.495 e. The molecule has 1 aromatic carbocycles. The maximum Gasteiger partial charge on any atom is 0.258 e. The predicted octanol–water partition coefficient (Wildman–Crippen LogP) is 1.47. The van der Waals surface area contributed by atoms with E-state index in [-0.39, 0.29) is 12.0 Å². The molecule has 0 spiro atoms. The van der Waals surface area contributed by atoms with Crippen LogP contribution in [0.15, 0.2) is 18.2 Å². The van der Waals surface area contributed by atoms with Crippen LogP contribution < -0.4 is 15.4 Å². The summed E-state index contributed by atoms with van der Waals surface area (Å²) in [4.78, 5) is 14.3. The zero-order valence-electron chi connectivity index (χ0n) is 12.5. The Kier molecular flexibility index (Phi) is 4.01. The molecule has 0 saturated carbocycles. The smallest absolute Gasteiger partial charge is 0.258 e. The maximum absolute atomic E-state index is 12.6. The van der Waals surface area contributed by atoms with Crippen LogP contribution in [0.2, 0.25) is 0 Å². The van der Waals surface area contributed by atoms with E-state index in [1.165, 1.54) is 0 Å². The predicted molar refractivity (Wildman–Crippen MR) is 78.1 cm³/mol. The number of anilines is 1. The molecule has 5 heteroatoms. The summed E-state index contributed by atoms with van der Waals surface area (Å²) in [5.41, 5.74) is 6.68. The summed E-state index contributed by atoms with van der Waals surface area (Å²) in [6, 6.07) is 5.78. The summed E-state index contributed by atoms with van der Waals surface area (Å²) in [7, 11) is 1.60. The fourth-order valence-electron chi connectivity index (χ4n) is 2.46. The zero-order valence-corrected chi connectivity index (χ0v) is 12.5. The van der Waals surface area contributed by atoms with Crippen molar-refractivity contribution >= 4 is 11.6 Å². The maximum atomic E-state index is 12.6. The molecule has 1 aliphatic rings. The summed E-state index contributed by atoms with van der Waals surface area (Å²) in [6.45, 7) is 6.35. The highest BCUT2D eigenvalue weighted by atomic mass is 16.5. The first kappa shape index (κ1) is 14.8. The normalized spacial score (nSPS) is 21.9. The summed E-state index contributed by atoms with van der Waals surface area (Å²) in [5.74, 6) is 0.600. The molecular formula is C15H22N2O3. The third kappa shape index (κ3) is 2.64. The lowest BCUT2D eigenvalue weighted by Gasteiger charge is -2.41. The number of ether oxygens (including phenoxy) is 2. The number of hydrogen-bond acceptors (Lipinski definition) is 4. The lowest BCUT2D eigenvalue weighted by Crippen LogP contribution is -2.59. The van der Waals surface area contributed by atoms with Crippen LogP contribution in [-0.4, -0.2) is 37.8 Å². The van der Waals surface area contributed by atoms with Crippen LogP contribution in [0.1, 0.15) is 19.4 Å². The topological polar surface area (TPSA) is 64.8 Å². The van der Waals surface area contributed by atoms with Crippen LogP contribution in [0, 0.1) is 6.92 Å². The van der Waals surface area contributed by atoms with E-state index in [1.54, 1.807) is 25.9 Å². The molecule has 5 nitrogen and oxygen atoms in total. The Morgan fingerprint density at radius 3 is 2.80 bits per heavy atom. The van der Waals surface area contributed by atoms with Gasteiger partial charge < -0.3 is 20.1 Å². The highest BCUT2D eigenvalue weighted by Crippen LogP contribution is 2.34. The van der Waals surface area contributed by atoms with E-state index in [4.69, 9.17) is 15.2 Å².